The average molecular weight is 193 g/mol. The first kappa shape index (κ1) is 9.69. The van der Waals surface area contributed by atoms with Crippen LogP contribution in [0.15, 0.2) is 6.20 Å². The van der Waals surface area contributed by atoms with Gasteiger partial charge in [-0.05, 0) is 25.2 Å². The Bertz CT molecular complexity index is 310. The Morgan fingerprint density at radius 3 is 2.79 bits per heavy atom. The van der Waals surface area contributed by atoms with Crippen LogP contribution in [0.1, 0.15) is 45.7 Å². The van der Waals surface area contributed by atoms with Gasteiger partial charge in [0.2, 0.25) is 0 Å². The van der Waals surface area contributed by atoms with Crippen molar-refractivity contribution in [3.05, 3.63) is 11.9 Å². The molecule has 14 heavy (non-hydrogen) atoms. The first-order valence-electron chi connectivity index (χ1n) is 5.52. The summed E-state index contributed by atoms with van der Waals surface area (Å²) in [7, 11) is 0. The zero-order valence-corrected chi connectivity index (χ0v) is 9.32. The fourth-order valence-corrected chi connectivity index (χ4v) is 1.44. The molecular weight excluding hydrogens is 174 g/mol. The molecule has 78 valence electrons. The van der Waals surface area contributed by atoms with Crippen LogP contribution < -0.4 is 0 Å². The number of rotatable bonds is 4. The summed E-state index contributed by atoms with van der Waals surface area (Å²) in [6.45, 7) is 7.70. The minimum Gasteiger partial charge on any atom is -0.252 e. The topological polar surface area (TPSA) is 30.7 Å². The van der Waals surface area contributed by atoms with Crippen LogP contribution in [-0.2, 0) is 12.0 Å². The maximum absolute atomic E-state index is 4.25. The van der Waals surface area contributed by atoms with Crippen LogP contribution in [0.2, 0.25) is 0 Å². The van der Waals surface area contributed by atoms with Crippen molar-refractivity contribution in [1.82, 2.24) is 15.0 Å². The van der Waals surface area contributed by atoms with E-state index < -0.39 is 0 Å². The molecule has 1 aromatic heterocycles. The zero-order chi connectivity index (χ0) is 10.2. The molecule has 0 bridgehead atoms. The van der Waals surface area contributed by atoms with E-state index in [1.807, 2.05) is 4.68 Å². The van der Waals surface area contributed by atoms with E-state index in [-0.39, 0.29) is 5.41 Å². The lowest BCUT2D eigenvalue weighted by molar-refractivity contribution is 0.489. The Kier molecular flexibility index (Phi) is 2.33. The van der Waals surface area contributed by atoms with Crippen molar-refractivity contribution < 1.29 is 0 Å². The van der Waals surface area contributed by atoms with E-state index in [0.29, 0.717) is 0 Å². The Balaban J connectivity index is 2.07. The van der Waals surface area contributed by atoms with Gasteiger partial charge in [-0.3, -0.25) is 4.68 Å². The highest BCUT2D eigenvalue weighted by molar-refractivity contribution is 5.08. The molecule has 3 heteroatoms. The van der Waals surface area contributed by atoms with Gasteiger partial charge in [0.15, 0.2) is 0 Å². The maximum Gasteiger partial charge on any atom is 0.0883 e. The largest absolute Gasteiger partial charge is 0.252 e. The molecule has 0 spiro atoms. The van der Waals surface area contributed by atoms with E-state index >= 15 is 0 Å². The maximum atomic E-state index is 4.25. The summed E-state index contributed by atoms with van der Waals surface area (Å²) in [6, 6.07) is 0. The lowest BCUT2D eigenvalue weighted by Gasteiger charge is -2.18. The molecule has 1 fully saturated rings. The second-order valence-electron chi connectivity index (χ2n) is 5.01. The normalized spacial score (nSPS) is 17.4. The van der Waals surface area contributed by atoms with Crippen LogP contribution in [-0.4, -0.2) is 15.0 Å². The van der Waals surface area contributed by atoms with E-state index in [1.165, 1.54) is 12.8 Å². The lowest BCUT2D eigenvalue weighted by Crippen LogP contribution is -2.15. The molecule has 1 aliphatic rings. The fraction of sp³-hybridized carbons (Fsp3) is 0.818. The van der Waals surface area contributed by atoms with Gasteiger partial charge in [-0.2, -0.15) is 0 Å². The molecule has 1 aromatic rings. The third-order valence-electron chi connectivity index (χ3n) is 3.26. The first-order valence-corrected chi connectivity index (χ1v) is 5.52. The first-order chi connectivity index (χ1) is 6.62. The fourth-order valence-electron chi connectivity index (χ4n) is 1.44. The monoisotopic (exact) mass is 193 g/mol. The summed E-state index contributed by atoms with van der Waals surface area (Å²) >= 11 is 0. The summed E-state index contributed by atoms with van der Waals surface area (Å²) in [4.78, 5) is 0. The predicted octanol–water partition coefficient (Wildman–Crippen LogP) is 2.38. The van der Waals surface area contributed by atoms with Crippen LogP contribution in [0.4, 0.5) is 0 Å². The standard InChI is InChI=1S/C11H19N3/c1-4-11(2,3)10-8-14(13-12-10)7-9-5-6-9/h8-9H,4-7H2,1-3H3. The Morgan fingerprint density at radius 2 is 2.21 bits per heavy atom. The van der Waals surface area contributed by atoms with Crippen LogP contribution in [0.25, 0.3) is 0 Å². The highest BCUT2D eigenvalue weighted by atomic mass is 15.4. The zero-order valence-electron chi connectivity index (χ0n) is 9.32. The molecule has 0 aliphatic heterocycles. The third kappa shape index (κ3) is 1.97. The molecule has 0 N–H and O–H groups in total. The van der Waals surface area contributed by atoms with Crippen molar-refractivity contribution in [2.75, 3.05) is 0 Å². The van der Waals surface area contributed by atoms with Crippen molar-refractivity contribution >= 4 is 0 Å². The van der Waals surface area contributed by atoms with E-state index in [2.05, 4.69) is 37.3 Å². The molecule has 0 amide bonds. The predicted molar refractivity (Wildman–Crippen MR) is 56.1 cm³/mol. The average Bonchev–Trinajstić information content (AvgIpc) is 2.81. The highest BCUT2D eigenvalue weighted by Gasteiger charge is 2.25. The third-order valence-corrected chi connectivity index (χ3v) is 3.26. The molecule has 2 rings (SSSR count). The molecule has 0 radical (unpaired) electrons. The summed E-state index contributed by atoms with van der Waals surface area (Å²) in [5, 5.41) is 8.43. The van der Waals surface area contributed by atoms with E-state index in [0.717, 1.165) is 24.6 Å². The number of hydrogen-bond acceptors (Lipinski definition) is 2. The summed E-state index contributed by atoms with van der Waals surface area (Å²) in [5.41, 5.74) is 1.29. The van der Waals surface area contributed by atoms with E-state index in [9.17, 15) is 0 Å². The van der Waals surface area contributed by atoms with Gasteiger partial charge in [0, 0.05) is 18.2 Å². The van der Waals surface area contributed by atoms with Gasteiger partial charge in [-0.1, -0.05) is 26.0 Å². The van der Waals surface area contributed by atoms with Gasteiger partial charge in [0.05, 0.1) is 5.69 Å². The summed E-state index contributed by atoms with van der Waals surface area (Å²) < 4.78 is 2.00. The van der Waals surface area contributed by atoms with Crippen LogP contribution >= 0.6 is 0 Å². The van der Waals surface area contributed by atoms with Gasteiger partial charge in [0.25, 0.3) is 0 Å². The molecule has 1 aliphatic carbocycles. The number of nitrogens with zero attached hydrogens (tertiary/aromatic N) is 3. The molecule has 1 heterocycles. The van der Waals surface area contributed by atoms with Crippen molar-refractivity contribution in [2.45, 2.75) is 52.0 Å². The molecule has 3 nitrogen and oxygen atoms in total. The van der Waals surface area contributed by atoms with Crippen LogP contribution in [0.5, 0.6) is 0 Å². The quantitative estimate of drug-likeness (QED) is 0.735. The molecule has 0 saturated heterocycles. The van der Waals surface area contributed by atoms with Gasteiger partial charge in [-0.25, -0.2) is 0 Å². The van der Waals surface area contributed by atoms with Crippen LogP contribution in [0.3, 0.4) is 0 Å². The second kappa shape index (κ2) is 3.37. The Labute approximate surface area is 85.5 Å². The van der Waals surface area contributed by atoms with Gasteiger partial charge < -0.3 is 0 Å². The minimum atomic E-state index is 0.168. The SMILES string of the molecule is CCC(C)(C)c1cn(CC2CC2)nn1. The lowest BCUT2D eigenvalue weighted by atomic mass is 9.87. The molecule has 0 atom stereocenters. The van der Waals surface area contributed by atoms with Gasteiger partial charge >= 0.3 is 0 Å². The minimum absolute atomic E-state index is 0.168. The smallest absolute Gasteiger partial charge is 0.0883 e. The molecule has 0 unspecified atom stereocenters. The molecule has 1 saturated carbocycles. The van der Waals surface area contributed by atoms with Crippen molar-refractivity contribution in [3.63, 3.8) is 0 Å². The van der Waals surface area contributed by atoms with Crippen molar-refractivity contribution in [2.24, 2.45) is 5.92 Å². The van der Waals surface area contributed by atoms with Crippen LogP contribution in [0, 0.1) is 5.92 Å². The van der Waals surface area contributed by atoms with Gasteiger partial charge in [0.1, 0.15) is 0 Å². The Morgan fingerprint density at radius 1 is 1.50 bits per heavy atom. The number of aromatic nitrogens is 3. The van der Waals surface area contributed by atoms with E-state index in [4.69, 9.17) is 0 Å². The molecular formula is C11H19N3. The Hall–Kier alpha value is -0.860. The van der Waals surface area contributed by atoms with Crippen molar-refractivity contribution in [3.8, 4) is 0 Å². The second-order valence-corrected chi connectivity index (χ2v) is 5.01. The summed E-state index contributed by atoms with van der Waals surface area (Å²) in [5.74, 6) is 0.870. The highest BCUT2D eigenvalue weighted by Crippen LogP contribution is 2.31. The van der Waals surface area contributed by atoms with E-state index in [1.54, 1.807) is 0 Å². The summed E-state index contributed by atoms with van der Waals surface area (Å²) in [6.07, 6.45) is 5.95. The van der Waals surface area contributed by atoms with Gasteiger partial charge in [-0.15, -0.1) is 5.10 Å². The molecule has 0 aromatic carbocycles. The van der Waals surface area contributed by atoms with Crippen molar-refractivity contribution in [1.29, 1.82) is 0 Å². The number of hydrogen-bond donors (Lipinski definition) is 0.